The second-order valence-electron chi connectivity index (χ2n) is 5.40. The first kappa shape index (κ1) is 15.5. The molecule has 0 aliphatic heterocycles. The summed E-state index contributed by atoms with van der Waals surface area (Å²) >= 11 is 0. The van der Waals surface area contributed by atoms with E-state index in [9.17, 15) is 0 Å². The summed E-state index contributed by atoms with van der Waals surface area (Å²) in [6.45, 7) is 9.22. The van der Waals surface area contributed by atoms with Crippen molar-refractivity contribution in [3.8, 4) is 0 Å². The molecule has 0 amide bonds. The van der Waals surface area contributed by atoms with Gasteiger partial charge in [0.25, 0.3) is 0 Å². The molecule has 1 aromatic heterocycles. The van der Waals surface area contributed by atoms with Crippen molar-refractivity contribution in [1.82, 2.24) is 10.3 Å². The van der Waals surface area contributed by atoms with Crippen LogP contribution in [0.1, 0.15) is 44.0 Å². The summed E-state index contributed by atoms with van der Waals surface area (Å²) in [5.41, 5.74) is 6.28. The highest BCUT2D eigenvalue weighted by Gasteiger charge is 2.22. The van der Waals surface area contributed by atoms with Crippen molar-refractivity contribution < 1.29 is 9.62 Å². The number of amidine groups is 1. The SMILES string of the molecule is Cc1nc(CNCCCC(C)(C)C(N)=NO)oc1C. The smallest absolute Gasteiger partial charge is 0.208 e. The minimum Gasteiger partial charge on any atom is -0.444 e. The van der Waals surface area contributed by atoms with Gasteiger partial charge in [0, 0.05) is 5.41 Å². The van der Waals surface area contributed by atoms with Crippen molar-refractivity contribution in [2.75, 3.05) is 6.54 Å². The Hall–Kier alpha value is -1.56. The summed E-state index contributed by atoms with van der Waals surface area (Å²) in [5, 5.41) is 15.0. The molecule has 0 radical (unpaired) electrons. The Kier molecular flexibility index (Phi) is 5.35. The van der Waals surface area contributed by atoms with Crippen LogP contribution >= 0.6 is 0 Å². The minimum absolute atomic E-state index is 0.270. The van der Waals surface area contributed by atoms with Crippen molar-refractivity contribution >= 4 is 5.84 Å². The van der Waals surface area contributed by atoms with Gasteiger partial charge in [-0.15, -0.1) is 0 Å². The Balaban J connectivity index is 2.25. The van der Waals surface area contributed by atoms with Gasteiger partial charge in [-0.25, -0.2) is 4.98 Å². The van der Waals surface area contributed by atoms with Crippen molar-refractivity contribution in [2.24, 2.45) is 16.3 Å². The number of hydrogen-bond donors (Lipinski definition) is 3. The molecule has 1 aromatic rings. The number of hydrogen-bond acceptors (Lipinski definition) is 5. The number of rotatable bonds is 7. The number of nitrogens with zero attached hydrogens (tertiary/aromatic N) is 2. The summed E-state index contributed by atoms with van der Waals surface area (Å²) in [4.78, 5) is 4.30. The van der Waals surface area contributed by atoms with Gasteiger partial charge in [-0.3, -0.25) is 0 Å². The van der Waals surface area contributed by atoms with Crippen LogP contribution in [0, 0.1) is 19.3 Å². The Labute approximate surface area is 114 Å². The standard InChI is InChI=1S/C13H24N4O2/c1-9-10(2)19-11(16-9)8-15-7-5-6-13(3,4)12(14)17-18/h15,18H,5-8H2,1-4H3,(H2,14,17). The Morgan fingerprint density at radius 1 is 1.47 bits per heavy atom. The topological polar surface area (TPSA) is 96.7 Å². The summed E-state index contributed by atoms with van der Waals surface area (Å²) in [7, 11) is 0. The fourth-order valence-corrected chi connectivity index (χ4v) is 1.73. The number of nitrogens with two attached hydrogens (primary N) is 1. The van der Waals surface area contributed by atoms with Gasteiger partial charge < -0.3 is 20.7 Å². The van der Waals surface area contributed by atoms with Crippen LogP contribution in [0.2, 0.25) is 0 Å². The zero-order chi connectivity index (χ0) is 14.5. The fourth-order valence-electron chi connectivity index (χ4n) is 1.73. The van der Waals surface area contributed by atoms with Crippen LogP contribution in [0.25, 0.3) is 0 Å². The van der Waals surface area contributed by atoms with E-state index in [1.165, 1.54) is 0 Å². The molecule has 1 rings (SSSR count). The molecule has 1 heterocycles. The van der Waals surface area contributed by atoms with Gasteiger partial charge in [-0.1, -0.05) is 19.0 Å². The highest BCUT2D eigenvalue weighted by Crippen LogP contribution is 2.21. The van der Waals surface area contributed by atoms with E-state index < -0.39 is 0 Å². The largest absolute Gasteiger partial charge is 0.444 e. The van der Waals surface area contributed by atoms with Crippen molar-refractivity contribution in [2.45, 2.75) is 47.1 Å². The maximum Gasteiger partial charge on any atom is 0.208 e. The summed E-state index contributed by atoms with van der Waals surface area (Å²) in [6.07, 6.45) is 1.78. The third-order valence-corrected chi connectivity index (χ3v) is 3.31. The van der Waals surface area contributed by atoms with E-state index >= 15 is 0 Å². The lowest BCUT2D eigenvalue weighted by Crippen LogP contribution is -2.32. The Morgan fingerprint density at radius 3 is 2.68 bits per heavy atom. The first-order valence-electron chi connectivity index (χ1n) is 6.48. The highest BCUT2D eigenvalue weighted by molar-refractivity contribution is 5.85. The number of aromatic nitrogens is 1. The molecule has 0 unspecified atom stereocenters. The van der Waals surface area contributed by atoms with E-state index in [0.29, 0.717) is 12.4 Å². The molecule has 108 valence electrons. The van der Waals surface area contributed by atoms with E-state index in [1.807, 2.05) is 27.7 Å². The zero-order valence-electron chi connectivity index (χ0n) is 12.2. The van der Waals surface area contributed by atoms with E-state index in [-0.39, 0.29) is 11.3 Å². The first-order valence-corrected chi connectivity index (χ1v) is 6.48. The predicted octanol–water partition coefficient (Wildman–Crippen LogP) is 1.93. The van der Waals surface area contributed by atoms with Crippen LogP contribution in [0.5, 0.6) is 0 Å². The molecule has 0 bridgehead atoms. The van der Waals surface area contributed by atoms with Gasteiger partial charge in [0.15, 0.2) is 0 Å². The van der Waals surface area contributed by atoms with E-state index in [0.717, 1.165) is 30.8 Å². The van der Waals surface area contributed by atoms with Crippen molar-refractivity contribution in [3.05, 3.63) is 17.3 Å². The van der Waals surface area contributed by atoms with Crippen LogP contribution in [0.4, 0.5) is 0 Å². The summed E-state index contributed by atoms with van der Waals surface area (Å²) in [5.74, 6) is 1.85. The predicted molar refractivity (Wildman–Crippen MR) is 74.1 cm³/mol. The number of aryl methyl sites for hydroxylation is 2. The van der Waals surface area contributed by atoms with Crippen LogP contribution < -0.4 is 11.1 Å². The normalized spacial score (nSPS) is 12.9. The highest BCUT2D eigenvalue weighted by atomic mass is 16.4. The molecule has 0 fully saturated rings. The van der Waals surface area contributed by atoms with Crippen LogP contribution in [-0.4, -0.2) is 22.6 Å². The van der Waals surface area contributed by atoms with Gasteiger partial charge in [-0.05, 0) is 33.2 Å². The monoisotopic (exact) mass is 268 g/mol. The molecule has 0 saturated carbocycles. The maximum absolute atomic E-state index is 8.68. The maximum atomic E-state index is 8.68. The lowest BCUT2D eigenvalue weighted by atomic mass is 9.86. The molecule has 0 saturated heterocycles. The average molecular weight is 268 g/mol. The van der Waals surface area contributed by atoms with Gasteiger partial charge in [0.1, 0.15) is 11.6 Å². The van der Waals surface area contributed by atoms with Gasteiger partial charge in [-0.2, -0.15) is 0 Å². The van der Waals surface area contributed by atoms with Crippen molar-refractivity contribution in [1.29, 1.82) is 0 Å². The van der Waals surface area contributed by atoms with E-state index in [4.69, 9.17) is 15.4 Å². The van der Waals surface area contributed by atoms with Gasteiger partial charge >= 0.3 is 0 Å². The van der Waals surface area contributed by atoms with Gasteiger partial charge in [0.2, 0.25) is 5.89 Å². The third-order valence-electron chi connectivity index (χ3n) is 3.31. The number of oxime groups is 1. The number of nitrogens with one attached hydrogen (secondary N) is 1. The average Bonchev–Trinajstić information content (AvgIpc) is 2.67. The quantitative estimate of drug-likeness (QED) is 0.231. The number of oxazole rings is 1. The van der Waals surface area contributed by atoms with Gasteiger partial charge in [0.05, 0.1) is 12.2 Å². The first-order chi connectivity index (χ1) is 8.86. The second kappa shape index (κ2) is 6.56. The molecule has 0 spiro atoms. The fraction of sp³-hybridized carbons (Fsp3) is 0.692. The molecule has 0 aliphatic rings. The third kappa shape index (κ3) is 4.55. The van der Waals surface area contributed by atoms with Crippen molar-refractivity contribution in [3.63, 3.8) is 0 Å². The van der Waals surface area contributed by atoms with E-state index in [2.05, 4.69) is 15.5 Å². The zero-order valence-corrected chi connectivity index (χ0v) is 12.2. The molecule has 4 N–H and O–H groups in total. The molecular weight excluding hydrogens is 244 g/mol. The lowest BCUT2D eigenvalue weighted by molar-refractivity contribution is 0.304. The molecule has 6 heteroatoms. The lowest BCUT2D eigenvalue weighted by Gasteiger charge is -2.22. The Morgan fingerprint density at radius 2 is 2.16 bits per heavy atom. The molecular formula is C13H24N4O2. The molecule has 0 aromatic carbocycles. The van der Waals surface area contributed by atoms with Crippen LogP contribution in [0.3, 0.4) is 0 Å². The van der Waals surface area contributed by atoms with Crippen LogP contribution in [-0.2, 0) is 6.54 Å². The molecule has 0 aliphatic carbocycles. The van der Waals surface area contributed by atoms with Crippen LogP contribution in [0.15, 0.2) is 9.57 Å². The molecule has 19 heavy (non-hydrogen) atoms. The Bertz CT molecular complexity index is 418. The summed E-state index contributed by atoms with van der Waals surface area (Å²) in [6, 6.07) is 0. The second-order valence-corrected chi connectivity index (χ2v) is 5.40. The minimum atomic E-state index is -0.285. The van der Waals surface area contributed by atoms with E-state index in [1.54, 1.807) is 0 Å². The molecule has 0 atom stereocenters. The summed E-state index contributed by atoms with van der Waals surface area (Å²) < 4.78 is 5.47. The molecule has 6 nitrogen and oxygen atoms in total.